The van der Waals surface area contributed by atoms with Crippen molar-refractivity contribution < 1.29 is 9.47 Å². The van der Waals surface area contributed by atoms with Crippen molar-refractivity contribution in [2.24, 2.45) is 4.99 Å². The van der Waals surface area contributed by atoms with Gasteiger partial charge in [-0.05, 0) is 51.6 Å². The van der Waals surface area contributed by atoms with Gasteiger partial charge in [-0.1, -0.05) is 6.07 Å². The monoisotopic (exact) mass is 353 g/mol. The highest BCUT2D eigenvalue weighted by Gasteiger charge is 2.16. The molecule has 0 aliphatic heterocycles. The fourth-order valence-corrected chi connectivity index (χ4v) is 2.18. The molecule has 6 heteroatoms. The van der Waals surface area contributed by atoms with Gasteiger partial charge < -0.3 is 20.1 Å². The van der Waals surface area contributed by atoms with Crippen molar-refractivity contribution in [2.75, 3.05) is 33.1 Å². The SMILES string of the molecule is CCNC(=NCc1ccc(OCC)c(OC)c1)NCC(C)(C)SC. The number of nitrogens with zero attached hydrogens (tertiary/aromatic N) is 1. The molecule has 0 heterocycles. The van der Waals surface area contributed by atoms with Crippen LogP contribution < -0.4 is 20.1 Å². The zero-order valence-corrected chi connectivity index (χ0v) is 16.5. The minimum Gasteiger partial charge on any atom is -0.493 e. The number of benzene rings is 1. The summed E-state index contributed by atoms with van der Waals surface area (Å²) in [5.74, 6) is 2.33. The van der Waals surface area contributed by atoms with Gasteiger partial charge in [0.1, 0.15) is 0 Å². The minimum absolute atomic E-state index is 0.165. The first-order chi connectivity index (χ1) is 11.5. The first-order valence-corrected chi connectivity index (χ1v) is 9.55. The number of ether oxygens (including phenoxy) is 2. The highest BCUT2D eigenvalue weighted by molar-refractivity contribution is 7.99. The van der Waals surface area contributed by atoms with Gasteiger partial charge in [0.15, 0.2) is 17.5 Å². The van der Waals surface area contributed by atoms with Gasteiger partial charge in [0.2, 0.25) is 0 Å². The second-order valence-electron chi connectivity index (χ2n) is 5.93. The second-order valence-corrected chi connectivity index (χ2v) is 7.44. The summed E-state index contributed by atoms with van der Waals surface area (Å²) in [5.41, 5.74) is 1.08. The molecule has 1 rings (SSSR count). The van der Waals surface area contributed by atoms with Crippen molar-refractivity contribution >= 4 is 17.7 Å². The van der Waals surface area contributed by atoms with E-state index in [0.717, 1.165) is 36.1 Å². The van der Waals surface area contributed by atoms with Crippen LogP contribution in [0.3, 0.4) is 0 Å². The molecule has 136 valence electrons. The molecule has 0 unspecified atom stereocenters. The Balaban J connectivity index is 2.78. The number of aliphatic imine (C=N–C) groups is 1. The van der Waals surface area contributed by atoms with Crippen LogP contribution in [-0.4, -0.2) is 43.8 Å². The van der Waals surface area contributed by atoms with Gasteiger partial charge in [-0.25, -0.2) is 4.99 Å². The molecule has 0 aromatic heterocycles. The van der Waals surface area contributed by atoms with E-state index in [1.807, 2.05) is 36.9 Å². The molecule has 0 aliphatic carbocycles. The molecule has 0 amide bonds. The van der Waals surface area contributed by atoms with Gasteiger partial charge in [0, 0.05) is 17.8 Å². The van der Waals surface area contributed by atoms with E-state index in [9.17, 15) is 0 Å². The molecule has 0 saturated carbocycles. The maximum atomic E-state index is 5.55. The van der Waals surface area contributed by atoms with Gasteiger partial charge in [-0.3, -0.25) is 0 Å². The lowest BCUT2D eigenvalue weighted by atomic mass is 10.2. The van der Waals surface area contributed by atoms with Gasteiger partial charge in [-0.2, -0.15) is 11.8 Å². The lowest BCUT2D eigenvalue weighted by Gasteiger charge is -2.23. The lowest BCUT2D eigenvalue weighted by Crippen LogP contribution is -2.43. The molecule has 2 N–H and O–H groups in total. The maximum Gasteiger partial charge on any atom is 0.191 e. The molecule has 24 heavy (non-hydrogen) atoms. The summed E-state index contributed by atoms with van der Waals surface area (Å²) in [6.45, 7) is 11.3. The quantitative estimate of drug-likeness (QED) is 0.527. The molecule has 0 bridgehead atoms. The number of thioether (sulfide) groups is 1. The maximum absolute atomic E-state index is 5.55. The third-order valence-electron chi connectivity index (χ3n) is 3.53. The normalized spacial score (nSPS) is 12.0. The van der Waals surface area contributed by atoms with E-state index in [2.05, 4.69) is 42.7 Å². The van der Waals surface area contributed by atoms with Gasteiger partial charge in [0.05, 0.1) is 20.3 Å². The summed E-state index contributed by atoms with van der Waals surface area (Å²) in [6.07, 6.45) is 2.12. The average Bonchev–Trinajstić information content (AvgIpc) is 2.58. The Labute approximate surface area is 150 Å². The Hall–Kier alpha value is -1.56. The molecule has 5 nitrogen and oxygen atoms in total. The minimum atomic E-state index is 0.165. The summed E-state index contributed by atoms with van der Waals surface area (Å²) in [4.78, 5) is 4.66. The van der Waals surface area contributed by atoms with Gasteiger partial charge in [-0.15, -0.1) is 0 Å². The van der Waals surface area contributed by atoms with Crippen LogP contribution in [0, 0.1) is 0 Å². The Morgan fingerprint density at radius 2 is 1.96 bits per heavy atom. The molecule has 0 aliphatic rings. The topological polar surface area (TPSA) is 54.9 Å². The zero-order chi connectivity index (χ0) is 18.0. The van der Waals surface area contributed by atoms with E-state index in [-0.39, 0.29) is 4.75 Å². The summed E-state index contributed by atoms with van der Waals surface area (Å²) >= 11 is 1.84. The first-order valence-electron chi connectivity index (χ1n) is 8.32. The predicted octanol–water partition coefficient (Wildman–Crippen LogP) is 3.29. The van der Waals surface area contributed by atoms with Crippen LogP contribution in [0.15, 0.2) is 23.2 Å². The molecule has 0 fully saturated rings. The molecule has 1 aromatic carbocycles. The van der Waals surface area contributed by atoms with Crippen LogP contribution in [0.25, 0.3) is 0 Å². The molecule has 0 spiro atoms. The van der Waals surface area contributed by atoms with Crippen molar-refractivity contribution in [1.29, 1.82) is 0 Å². The van der Waals surface area contributed by atoms with Crippen molar-refractivity contribution in [2.45, 2.75) is 39.0 Å². The van der Waals surface area contributed by atoms with Crippen molar-refractivity contribution in [3.63, 3.8) is 0 Å². The lowest BCUT2D eigenvalue weighted by molar-refractivity contribution is 0.310. The van der Waals surface area contributed by atoms with E-state index in [1.165, 1.54) is 0 Å². The largest absolute Gasteiger partial charge is 0.493 e. The molecule has 0 atom stereocenters. The third-order valence-corrected chi connectivity index (χ3v) is 4.78. The highest BCUT2D eigenvalue weighted by atomic mass is 32.2. The number of rotatable bonds is 9. The Morgan fingerprint density at radius 1 is 1.21 bits per heavy atom. The molecule has 0 radical (unpaired) electrons. The number of hydrogen-bond donors (Lipinski definition) is 2. The summed E-state index contributed by atoms with van der Waals surface area (Å²) in [5, 5.41) is 6.69. The second kappa shape index (κ2) is 10.3. The van der Waals surface area contributed by atoms with Crippen molar-refractivity contribution in [3.05, 3.63) is 23.8 Å². The number of guanidine groups is 1. The fourth-order valence-electron chi connectivity index (χ4n) is 1.97. The molecular weight excluding hydrogens is 322 g/mol. The summed E-state index contributed by atoms with van der Waals surface area (Å²) in [6, 6.07) is 5.93. The number of nitrogens with one attached hydrogen (secondary N) is 2. The Bertz CT molecular complexity index is 533. The van der Waals surface area contributed by atoms with Crippen LogP contribution in [-0.2, 0) is 6.54 Å². The number of hydrogen-bond acceptors (Lipinski definition) is 4. The average molecular weight is 354 g/mol. The van der Waals surface area contributed by atoms with Crippen molar-refractivity contribution in [1.82, 2.24) is 10.6 Å². The van der Waals surface area contributed by atoms with Crippen LogP contribution in [0.4, 0.5) is 0 Å². The smallest absolute Gasteiger partial charge is 0.191 e. The van der Waals surface area contributed by atoms with Crippen LogP contribution in [0.5, 0.6) is 11.5 Å². The summed E-state index contributed by atoms with van der Waals surface area (Å²) < 4.78 is 11.1. The number of methoxy groups -OCH3 is 1. The van der Waals surface area contributed by atoms with Crippen LogP contribution in [0.1, 0.15) is 33.3 Å². The fraction of sp³-hybridized carbons (Fsp3) is 0.611. The standard InChI is InChI=1S/C18H31N3O2S/c1-7-19-17(21-13-18(3,4)24-6)20-12-14-9-10-15(23-8-2)16(11-14)22-5/h9-11H,7-8,12-13H2,1-6H3,(H2,19,20,21). The predicted molar refractivity (Wildman–Crippen MR) is 105 cm³/mol. The molecule has 1 aromatic rings. The first kappa shape index (κ1) is 20.5. The molecule has 0 saturated heterocycles. The van der Waals surface area contributed by atoms with Crippen LogP contribution in [0.2, 0.25) is 0 Å². The van der Waals surface area contributed by atoms with Crippen LogP contribution >= 0.6 is 11.8 Å². The van der Waals surface area contributed by atoms with Crippen molar-refractivity contribution in [3.8, 4) is 11.5 Å². The van der Waals surface area contributed by atoms with E-state index in [4.69, 9.17) is 9.47 Å². The van der Waals surface area contributed by atoms with Gasteiger partial charge >= 0.3 is 0 Å². The Morgan fingerprint density at radius 3 is 2.54 bits per heavy atom. The third kappa shape index (κ3) is 6.91. The van der Waals surface area contributed by atoms with E-state index >= 15 is 0 Å². The summed E-state index contributed by atoms with van der Waals surface area (Å²) in [7, 11) is 1.65. The van der Waals surface area contributed by atoms with E-state index in [0.29, 0.717) is 13.2 Å². The van der Waals surface area contributed by atoms with E-state index < -0.39 is 0 Å². The highest BCUT2D eigenvalue weighted by Crippen LogP contribution is 2.28. The van der Waals surface area contributed by atoms with E-state index in [1.54, 1.807) is 7.11 Å². The Kier molecular flexibility index (Phi) is 8.82. The zero-order valence-electron chi connectivity index (χ0n) is 15.7. The molecular formula is C18H31N3O2S. The van der Waals surface area contributed by atoms with Gasteiger partial charge in [0.25, 0.3) is 0 Å².